The average Bonchev–Trinajstić information content (AvgIpc) is 2.81. The van der Waals surface area contributed by atoms with E-state index in [2.05, 4.69) is 5.10 Å². The molecule has 0 saturated carbocycles. The van der Waals surface area contributed by atoms with Gasteiger partial charge in [-0.15, -0.1) is 0 Å². The van der Waals surface area contributed by atoms with E-state index in [0.29, 0.717) is 6.42 Å². The summed E-state index contributed by atoms with van der Waals surface area (Å²) in [6.07, 6.45) is 2.20. The molecule has 0 aromatic carbocycles. The van der Waals surface area contributed by atoms with Gasteiger partial charge in [0.05, 0.1) is 11.7 Å². The van der Waals surface area contributed by atoms with Crippen LogP contribution in [0.5, 0.6) is 0 Å². The molecule has 1 aromatic rings. The minimum absolute atomic E-state index is 0.0371. The fraction of sp³-hybridized carbons (Fsp3) is 0.667. The normalized spacial score (nSPS) is 25.0. The molecule has 2 N–H and O–H groups in total. The van der Waals surface area contributed by atoms with Gasteiger partial charge in [-0.2, -0.15) is 5.10 Å². The van der Waals surface area contributed by atoms with Crippen molar-refractivity contribution in [3.05, 3.63) is 18.0 Å². The monoisotopic (exact) mass is 236 g/mol. The number of aryl methyl sites for hydroxylation is 1. The molecular weight excluding hydrogens is 216 g/mol. The van der Waals surface area contributed by atoms with Crippen LogP contribution in [0.2, 0.25) is 0 Å². The van der Waals surface area contributed by atoms with Crippen LogP contribution < -0.4 is 5.73 Å². The number of nitrogens with two attached hydrogens (primary N) is 1. The van der Waals surface area contributed by atoms with E-state index in [1.54, 1.807) is 6.20 Å². The highest BCUT2D eigenvalue weighted by Crippen LogP contribution is 2.33. The van der Waals surface area contributed by atoms with Crippen LogP contribution in [0.15, 0.2) is 12.3 Å². The maximum absolute atomic E-state index is 11.9. The van der Waals surface area contributed by atoms with Gasteiger partial charge < -0.3 is 10.6 Å². The minimum Gasteiger partial charge on any atom is -0.330 e. The van der Waals surface area contributed by atoms with Crippen molar-refractivity contribution >= 4 is 5.91 Å². The molecule has 94 valence electrons. The lowest BCUT2D eigenvalue weighted by Gasteiger charge is -2.30. The molecule has 1 aliphatic heterocycles. The van der Waals surface area contributed by atoms with Crippen molar-refractivity contribution in [2.45, 2.75) is 51.9 Å². The molecule has 2 heterocycles. The highest BCUT2D eigenvalue weighted by atomic mass is 16.2. The SMILES string of the molecule is CCn1nccc1[C@H]1[C@H](N)CC(=O)N1C(C)C. The Kier molecular flexibility index (Phi) is 3.19. The Labute approximate surface area is 102 Å². The number of hydrogen-bond acceptors (Lipinski definition) is 3. The molecule has 1 aromatic heterocycles. The smallest absolute Gasteiger partial charge is 0.225 e. The highest BCUT2D eigenvalue weighted by Gasteiger charge is 2.41. The third kappa shape index (κ3) is 1.95. The average molecular weight is 236 g/mol. The van der Waals surface area contributed by atoms with Crippen molar-refractivity contribution < 1.29 is 4.79 Å². The van der Waals surface area contributed by atoms with E-state index in [1.165, 1.54) is 0 Å². The zero-order chi connectivity index (χ0) is 12.6. The van der Waals surface area contributed by atoms with Crippen LogP contribution in [0.3, 0.4) is 0 Å². The predicted octanol–water partition coefficient (Wildman–Crippen LogP) is 0.912. The molecule has 1 amide bonds. The highest BCUT2D eigenvalue weighted by molar-refractivity contribution is 5.80. The van der Waals surface area contributed by atoms with Gasteiger partial charge in [0, 0.05) is 31.2 Å². The molecule has 2 rings (SSSR count). The van der Waals surface area contributed by atoms with Gasteiger partial charge in [-0.05, 0) is 26.8 Å². The number of aromatic nitrogens is 2. The Hall–Kier alpha value is -1.36. The summed E-state index contributed by atoms with van der Waals surface area (Å²) in [5.74, 6) is 0.140. The first-order valence-electron chi connectivity index (χ1n) is 6.14. The Morgan fingerprint density at radius 2 is 2.29 bits per heavy atom. The molecule has 0 bridgehead atoms. The number of likely N-dealkylation sites (tertiary alicyclic amines) is 1. The third-order valence-electron chi connectivity index (χ3n) is 3.31. The molecule has 17 heavy (non-hydrogen) atoms. The molecule has 0 aliphatic carbocycles. The molecule has 5 heteroatoms. The first kappa shape index (κ1) is 12.1. The fourth-order valence-electron chi connectivity index (χ4n) is 2.61. The summed E-state index contributed by atoms with van der Waals surface area (Å²) >= 11 is 0. The zero-order valence-electron chi connectivity index (χ0n) is 10.6. The van der Waals surface area contributed by atoms with Gasteiger partial charge in [0.25, 0.3) is 0 Å². The van der Waals surface area contributed by atoms with Crippen molar-refractivity contribution in [3.63, 3.8) is 0 Å². The quantitative estimate of drug-likeness (QED) is 0.848. The molecule has 2 atom stereocenters. The van der Waals surface area contributed by atoms with Gasteiger partial charge in [0.1, 0.15) is 0 Å². The summed E-state index contributed by atoms with van der Waals surface area (Å²) < 4.78 is 1.92. The molecule has 0 unspecified atom stereocenters. The Bertz CT molecular complexity index is 412. The second kappa shape index (κ2) is 4.49. The summed E-state index contributed by atoms with van der Waals surface area (Å²) in [5.41, 5.74) is 7.15. The number of carbonyl (C=O) groups is 1. The van der Waals surface area contributed by atoms with Crippen molar-refractivity contribution in [1.82, 2.24) is 14.7 Å². The van der Waals surface area contributed by atoms with Gasteiger partial charge >= 0.3 is 0 Å². The Morgan fingerprint density at radius 1 is 1.59 bits per heavy atom. The van der Waals surface area contributed by atoms with Crippen LogP contribution in [-0.4, -0.2) is 32.7 Å². The number of amides is 1. The molecule has 1 aliphatic rings. The maximum atomic E-state index is 11.9. The van der Waals surface area contributed by atoms with E-state index in [0.717, 1.165) is 12.2 Å². The molecule has 0 spiro atoms. The summed E-state index contributed by atoms with van der Waals surface area (Å²) in [6.45, 7) is 6.88. The van der Waals surface area contributed by atoms with E-state index in [4.69, 9.17) is 5.73 Å². The number of rotatable bonds is 3. The van der Waals surface area contributed by atoms with Crippen LogP contribution in [0.4, 0.5) is 0 Å². The van der Waals surface area contributed by atoms with E-state index in [1.807, 2.05) is 36.4 Å². The summed E-state index contributed by atoms with van der Waals surface area (Å²) in [4.78, 5) is 13.8. The van der Waals surface area contributed by atoms with Crippen LogP contribution in [0.25, 0.3) is 0 Å². The summed E-state index contributed by atoms with van der Waals surface area (Å²) in [6, 6.07) is 1.96. The topological polar surface area (TPSA) is 64.2 Å². The third-order valence-corrected chi connectivity index (χ3v) is 3.31. The largest absolute Gasteiger partial charge is 0.330 e. The molecule has 1 saturated heterocycles. The Morgan fingerprint density at radius 3 is 2.88 bits per heavy atom. The Balaban J connectivity index is 2.38. The number of nitrogens with zero attached hydrogens (tertiary/aromatic N) is 3. The van der Waals surface area contributed by atoms with Gasteiger partial charge in [-0.1, -0.05) is 0 Å². The van der Waals surface area contributed by atoms with Crippen LogP contribution in [0, 0.1) is 0 Å². The van der Waals surface area contributed by atoms with E-state index in [9.17, 15) is 4.79 Å². The first-order chi connectivity index (χ1) is 8.06. The predicted molar refractivity (Wildman–Crippen MR) is 65.2 cm³/mol. The minimum atomic E-state index is -0.133. The maximum Gasteiger partial charge on any atom is 0.225 e. The zero-order valence-corrected chi connectivity index (χ0v) is 10.6. The van der Waals surface area contributed by atoms with Gasteiger partial charge in [-0.3, -0.25) is 9.48 Å². The van der Waals surface area contributed by atoms with E-state index in [-0.39, 0.29) is 24.0 Å². The number of hydrogen-bond donors (Lipinski definition) is 1. The summed E-state index contributed by atoms with van der Waals surface area (Å²) in [7, 11) is 0. The van der Waals surface area contributed by atoms with Crippen LogP contribution in [0.1, 0.15) is 38.9 Å². The van der Waals surface area contributed by atoms with Gasteiger partial charge in [-0.25, -0.2) is 0 Å². The second-order valence-corrected chi connectivity index (χ2v) is 4.78. The molecule has 1 fully saturated rings. The number of carbonyl (C=O) groups excluding carboxylic acids is 1. The van der Waals surface area contributed by atoms with Crippen molar-refractivity contribution in [2.24, 2.45) is 5.73 Å². The van der Waals surface area contributed by atoms with Crippen molar-refractivity contribution in [2.75, 3.05) is 0 Å². The lowest BCUT2D eigenvalue weighted by atomic mass is 10.1. The van der Waals surface area contributed by atoms with Gasteiger partial charge in [0.15, 0.2) is 0 Å². The lowest BCUT2D eigenvalue weighted by Crippen LogP contribution is -2.38. The standard InChI is InChI=1S/C12H20N4O/c1-4-15-10(5-6-14-15)12-9(13)7-11(17)16(12)8(2)3/h5-6,8-9,12H,4,7,13H2,1-3H3/t9-,12-/m1/s1. The molecular formula is C12H20N4O. The molecule has 5 nitrogen and oxygen atoms in total. The van der Waals surface area contributed by atoms with Crippen molar-refractivity contribution in [1.29, 1.82) is 0 Å². The molecule has 0 radical (unpaired) electrons. The van der Waals surface area contributed by atoms with E-state index < -0.39 is 0 Å². The van der Waals surface area contributed by atoms with Crippen LogP contribution in [-0.2, 0) is 11.3 Å². The summed E-state index contributed by atoms with van der Waals surface area (Å²) in [5, 5.41) is 4.26. The first-order valence-corrected chi connectivity index (χ1v) is 6.14. The lowest BCUT2D eigenvalue weighted by molar-refractivity contribution is -0.130. The van der Waals surface area contributed by atoms with E-state index >= 15 is 0 Å². The van der Waals surface area contributed by atoms with Gasteiger partial charge in [0.2, 0.25) is 5.91 Å². The van der Waals surface area contributed by atoms with Crippen molar-refractivity contribution in [3.8, 4) is 0 Å². The fourth-order valence-corrected chi connectivity index (χ4v) is 2.61. The van der Waals surface area contributed by atoms with Crippen LogP contribution >= 0.6 is 0 Å². The second-order valence-electron chi connectivity index (χ2n) is 4.78.